The standard InChI is InChI=1S/C39H54N2O6/c1-26(2)20-33(40-37(46)30(23-32(43)25-42)17-16-28-12-8-6-9-13-28)35(44)24-31(22-29-14-10-7-11-15-29)38(47)41-34(21-27(3)4)36(45)39(5)18-19-39/h6-15,26-27,30-31,33-34,42H,16-25H2,1-5H3,(H,40,46)(H,41,47)/t30-,31-,33+,34+/m1/s1. The number of amides is 2. The molecule has 8 nitrogen and oxygen atoms in total. The Kier molecular flexibility index (Phi) is 14.5. The van der Waals surface area contributed by atoms with Crippen molar-refractivity contribution in [1.29, 1.82) is 0 Å². The first-order valence-electron chi connectivity index (χ1n) is 17.2. The maximum absolute atomic E-state index is 14.0. The summed E-state index contributed by atoms with van der Waals surface area (Å²) >= 11 is 0. The zero-order chi connectivity index (χ0) is 34.6. The van der Waals surface area contributed by atoms with Crippen molar-refractivity contribution in [3.05, 3.63) is 71.8 Å². The summed E-state index contributed by atoms with van der Waals surface area (Å²) in [6, 6.07) is 17.7. The predicted molar refractivity (Wildman–Crippen MR) is 183 cm³/mol. The lowest BCUT2D eigenvalue weighted by Crippen LogP contribution is -2.49. The Hall–Kier alpha value is -3.65. The summed E-state index contributed by atoms with van der Waals surface area (Å²) in [4.78, 5) is 67.2. The van der Waals surface area contributed by atoms with Crippen LogP contribution < -0.4 is 10.6 Å². The summed E-state index contributed by atoms with van der Waals surface area (Å²) in [6.45, 7) is 9.26. The lowest BCUT2D eigenvalue weighted by molar-refractivity contribution is -0.136. The number of rotatable bonds is 21. The van der Waals surface area contributed by atoms with Gasteiger partial charge in [0.05, 0.1) is 12.1 Å². The quantitative estimate of drug-likeness (QED) is 0.166. The Morgan fingerprint density at radius 1 is 0.723 bits per heavy atom. The Morgan fingerprint density at radius 2 is 1.23 bits per heavy atom. The number of hydrogen-bond donors (Lipinski definition) is 3. The zero-order valence-electron chi connectivity index (χ0n) is 28.8. The van der Waals surface area contributed by atoms with Gasteiger partial charge in [-0.05, 0) is 67.9 Å². The maximum atomic E-state index is 14.0. The molecule has 2 amide bonds. The van der Waals surface area contributed by atoms with Crippen LogP contribution in [0.15, 0.2) is 60.7 Å². The number of aryl methyl sites for hydroxylation is 1. The van der Waals surface area contributed by atoms with Gasteiger partial charge < -0.3 is 15.7 Å². The van der Waals surface area contributed by atoms with Gasteiger partial charge in [0.2, 0.25) is 11.8 Å². The van der Waals surface area contributed by atoms with Crippen molar-refractivity contribution < 1.29 is 29.1 Å². The van der Waals surface area contributed by atoms with Crippen molar-refractivity contribution >= 4 is 29.2 Å². The van der Waals surface area contributed by atoms with Crippen LogP contribution in [0.2, 0.25) is 0 Å². The van der Waals surface area contributed by atoms with Crippen LogP contribution in [0.1, 0.15) is 90.7 Å². The van der Waals surface area contributed by atoms with Crippen LogP contribution in [0.3, 0.4) is 0 Å². The number of aliphatic hydroxyl groups excluding tert-OH is 1. The smallest absolute Gasteiger partial charge is 0.224 e. The van der Waals surface area contributed by atoms with Crippen molar-refractivity contribution in [3.63, 3.8) is 0 Å². The summed E-state index contributed by atoms with van der Waals surface area (Å²) in [5.74, 6) is -2.59. The lowest BCUT2D eigenvalue weighted by Gasteiger charge is -2.27. The Labute approximate surface area is 280 Å². The zero-order valence-corrected chi connectivity index (χ0v) is 28.8. The molecule has 3 N–H and O–H groups in total. The van der Waals surface area contributed by atoms with Crippen molar-refractivity contribution in [2.45, 2.75) is 104 Å². The summed E-state index contributed by atoms with van der Waals surface area (Å²) in [5, 5.41) is 15.4. The number of nitrogens with one attached hydrogen (secondary N) is 2. The van der Waals surface area contributed by atoms with Gasteiger partial charge in [-0.2, -0.15) is 0 Å². The average molecular weight is 647 g/mol. The molecule has 4 atom stereocenters. The van der Waals surface area contributed by atoms with Gasteiger partial charge in [0.25, 0.3) is 0 Å². The highest BCUT2D eigenvalue weighted by molar-refractivity contribution is 5.97. The molecule has 1 saturated carbocycles. The first-order chi connectivity index (χ1) is 22.3. The molecular formula is C39H54N2O6. The molecule has 3 rings (SSSR count). The topological polar surface area (TPSA) is 130 Å². The van der Waals surface area contributed by atoms with Crippen LogP contribution in [0.4, 0.5) is 0 Å². The first kappa shape index (κ1) is 37.8. The fourth-order valence-electron chi connectivity index (χ4n) is 6.07. The second-order valence-corrected chi connectivity index (χ2v) is 14.5. The van der Waals surface area contributed by atoms with Crippen molar-refractivity contribution in [2.24, 2.45) is 29.1 Å². The molecule has 256 valence electrons. The molecule has 0 heterocycles. The maximum Gasteiger partial charge on any atom is 0.224 e. The van der Waals surface area contributed by atoms with Crippen LogP contribution in [0, 0.1) is 29.1 Å². The molecular weight excluding hydrogens is 592 g/mol. The predicted octanol–water partition coefficient (Wildman–Crippen LogP) is 5.44. The van der Waals surface area contributed by atoms with Gasteiger partial charge in [-0.1, -0.05) is 95.3 Å². The highest BCUT2D eigenvalue weighted by atomic mass is 16.3. The largest absolute Gasteiger partial charge is 0.389 e. The van der Waals surface area contributed by atoms with Crippen molar-refractivity contribution in [3.8, 4) is 0 Å². The van der Waals surface area contributed by atoms with E-state index in [0.717, 1.165) is 24.0 Å². The Balaban J connectivity index is 1.81. The SMILES string of the molecule is CC(C)C[C@H](NC(=O)[C@H](CCc1ccccc1)CC(=O)CO)C(=O)C[C@@H](Cc1ccccc1)C(=O)N[C@@H](CC(C)C)C(=O)C1(C)CC1. The van der Waals surface area contributed by atoms with E-state index in [9.17, 15) is 29.1 Å². The Morgan fingerprint density at radius 3 is 1.77 bits per heavy atom. The van der Waals surface area contributed by atoms with Gasteiger partial charge in [-0.25, -0.2) is 0 Å². The number of ketones is 3. The average Bonchev–Trinajstić information content (AvgIpc) is 3.80. The molecule has 0 spiro atoms. The third kappa shape index (κ3) is 12.5. The number of hydrogen-bond acceptors (Lipinski definition) is 6. The number of carbonyl (C=O) groups is 5. The van der Waals surface area contributed by atoms with Crippen LogP contribution in [0.25, 0.3) is 0 Å². The van der Waals surface area contributed by atoms with E-state index in [1.54, 1.807) is 0 Å². The van der Waals surface area contributed by atoms with E-state index in [4.69, 9.17) is 0 Å². The normalized spacial score (nSPS) is 16.2. The third-order valence-corrected chi connectivity index (χ3v) is 9.14. The van der Waals surface area contributed by atoms with Crippen molar-refractivity contribution in [2.75, 3.05) is 6.61 Å². The van der Waals surface area contributed by atoms with E-state index in [1.807, 2.05) is 95.3 Å². The molecule has 1 aliphatic carbocycles. The van der Waals surface area contributed by atoms with E-state index >= 15 is 0 Å². The van der Waals surface area contributed by atoms with E-state index in [2.05, 4.69) is 10.6 Å². The van der Waals surface area contributed by atoms with E-state index in [0.29, 0.717) is 32.1 Å². The summed E-state index contributed by atoms with van der Waals surface area (Å²) in [5.41, 5.74) is 1.52. The minimum absolute atomic E-state index is 0.0493. The molecule has 0 unspecified atom stereocenters. The first-order valence-corrected chi connectivity index (χ1v) is 17.2. The number of carbonyl (C=O) groups excluding carboxylic acids is 5. The molecule has 2 aromatic rings. The second-order valence-electron chi connectivity index (χ2n) is 14.5. The van der Waals surface area contributed by atoms with Crippen LogP contribution in [-0.2, 0) is 36.8 Å². The monoisotopic (exact) mass is 646 g/mol. The number of benzene rings is 2. The van der Waals surface area contributed by atoms with E-state index < -0.39 is 47.6 Å². The lowest BCUT2D eigenvalue weighted by atomic mass is 9.87. The minimum atomic E-state index is -0.851. The fraction of sp³-hybridized carbons (Fsp3) is 0.564. The highest BCUT2D eigenvalue weighted by Crippen LogP contribution is 2.47. The molecule has 0 radical (unpaired) electrons. The summed E-state index contributed by atoms with van der Waals surface area (Å²) < 4.78 is 0. The second kappa shape index (κ2) is 18.0. The molecule has 0 bridgehead atoms. The van der Waals surface area contributed by atoms with Gasteiger partial charge in [-0.3, -0.25) is 24.0 Å². The van der Waals surface area contributed by atoms with Crippen molar-refractivity contribution in [1.82, 2.24) is 10.6 Å². The van der Waals surface area contributed by atoms with Gasteiger partial charge in [0.1, 0.15) is 6.61 Å². The molecule has 8 heteroatoms. The van der Waals surface area contributed by atoms with Gasteiger partial charge in [0, 0.05) is 30.1 Å². The number of aliphatic hydroxyl groups is 1. The highest BCUT2D eigenvalue weighted by Gasteiger charge is 2.48. The Bertz CT molecular complexity index is 1340. The van der Waals surface area contributed by atoms with Gasteiger partial charge in [-0.15, -0.1) is 0 Å². The molecule has 0 saturated heterocycles. The van der Waals surface area contributed by atoms with Gasteiger partial charge >= 0.3 is 0 Å². The third-order valence-electron chi connectivity index (χ3n) is 9.14. The molecule has 0 aliphatic heterocycles. The van der Waals surface area contributed by atoms with Crippen LogP contribution in [0.5, 0.6) is 0 Å². The summed E-state index contributed by atoms with van der Waals surface area (Å²) in [6.07, 6.45) is 3.55. The van der Waals surface area contributed by atoms with E-state index in [1.165, 1.54) is 0 Å². The molecule has 0 aromatic heterocycles. The number of Topliss-reactive ketones (excluding diaryl/α,β-unsaturated/α-hetero) is 3. The van der Waals surface area contributed by atoms with Gasteiger partial charge in [0.15, 0.2) is 17.3 Å². The molecule has 47 heavy (non-hydrogen) atoms. The fourth-order valence-corrected chi connectivity index (χ4v) is 6.07. The minimum Gasteiger partial charge on any atom is -0.389 e. The van der Waals surface area contributed by atoms with E-state index in [-0.39, 0.29) is 42.2 Å². The van der Waals surface area contributed by atoms with Crippen LogP contribution in [-0.4, -0.2) is 53.0 Å². The molecule has 1 fully saturated rings. The van der Waals surface area contributed by atoms with Crippen LogP contribution >= 0.6 is 0 Å². The molecule has 1 aliphatic rings. The summed E-state index contributed by atoms with van der Waals surface area (Å²) in [7, 11) is 0. The molecule has 2 aromatic carbocycles.